The number of aromatic nitrogens is 1. The molecule has 22 heavy (non-hydrogen) atoms. The Morgan fingerprint density at radius 1 is 1.45 bits per heavy atom. The maximum Gasteiger partial charge on any atom is 0.410 e. The molecule has 1 aliphatic rings. The number of ether oxygens (including phenoxy) is 2. The van der Waals surface area contributed by atoms with E-state index in [1.54, 1.807) is 11.1 Å². The number of nitrogens with zero attached hydrogens (tertiary/aromatic N) is 2. The summed E-state index contributed by atoms with van der Waals surface area (Å²) in [7, 11) is 0. The highest BCUT2D eigenvalue weighted by Crippen LogP contribution is 2.21. The summed E-state index contributed by atoms with van der Waals surface area (Å²) >= 11 is 3.31. The highest BCUT2D eigenvalue weighted by Gasteiger charge is 2.32. The highest BCUT2D eigenvalue weighted by molar-refractivity contribution is 9.10. The second-order valence-corrected chi connectivity index (χ2v) is 7.29. The third-order valence-corrected chi connectivity index (χ3v) is 3.84. The maximum atomic E-state index is 12.2. The van der Waals surface area contributed by atoms with Crippen molar-refractivity contribution in [2.24, 2.45) is 0 Å². The first-order chi connectivity index (χ1) is 10.3. The van der Waals surface area contributed by atoms with E-state index in [0.29, 0.717) is 13.2 Å². The van der Waals surface area contributed by atoms with Crippen LogP contribution in [0.3, 0.4) is 0 Å². The average Bonchev–Trinajstić information content (AvgIpc) is 2.88. The molecule has 0 bridgehead atoms. The lowest BCUT2D eigenvalue weighted by molar-refractivity contribution is 0.00881. The summed E-state index contributed by atoms with van der Waals surface area (Å²) < 4.78 is 12.0. The van der Waals surface area contributed by atoms with Gasteiger partial charge in [0.15, 0.2) is 0 Å². The number of amides is 1. The van der Waals surface area contributed by atoms with Gasteiger partial charge in [-0.05, 0) is 61.2 Å². The zero-order chi connectivity index (χ0) is 16.2. The third-order valence-electron chi connectivity index (χ3n) is 3.37. The van der Waals surface area contributed by atoms with Crippen molar-refractivity contribution in [3.8, 4) is 0 Å². The standard InChI is InChI=1S/C16H23BrN2O3/c1-16(2,3)22-15(20)19-8-4-5-13(19)11-21-10-12-6-7-14(17)18-9-12/h6-7,9,13H,4-5,8,10-11H2,1-3H3/t13-/m1/s1. The van der Waals surface area contributed by atoms with E-state index in [-0.39, 0.29) is 12.1 Å². The number of carbonyl (C=O) groups is 1. The molecule has 5 nitrogen and oxygen atoms in total. The van der Waals surface area contributed by atoms with E-state index in [4.69, 9.17) is 9.47 Å². The largest absolute Gasteiger partial charge is 0.444 e. The predicted octanol–water partition coefficient (Wildman–Crippen LogP) is 3.76. The summed E-state index contributed by atoms with van der Waals surface area (Å²) in [6.07, 6.45) is 3.49. The quantitative estimate of drug-likeness (QED) is 0.757. The lowest BCUT2D eigenvalue weighted by atomic mass is 10.2. The predicted molar refractivity (Wildman–Crippen MR) is 87.6 cm³/mol. The van der Waals surface area contributed by atoms with E-state index < -0.39 is 5.60 Å². The minimum Gasteiger partial charge on any atom is -0.444 e. The second kappa shape index (κ2) is 7.42. The van der Waals surface area contributed by atoms with E-state index in [1.165, 1.54) is 0 Å². The van der Waals surface area contributed by atoms with E-state index in [9.17, 15) is 4.79 Å². The Hall–Kier alpha value is -1.14. The van der Waals surface area contributed by atoms with Gasteiger partial charge in [0.1, 0.15) is 10.2 Å². The van der Waals surface area contributed by atoms with Crippen molar-refractivity contribution in [2.75, 3.05) is 13.2 Å². The number of hydrogen-bond acceptors (Lipinski definition) is 4. The topological polar surface area (TPSA) is 51.7 Å². The number of rotatable bonds is 4. The molecule has 0 saturated carbocycles. The van der Waals surface area contributed by atoms with Crippen LogP contribution >= 0.6 is 15.9 Å². The lowest BCUT2D eigenvalue weighted by Gasteiger charge is -2.28. The summed E-state index contributed by atoms with van der Waals surface area (Å²) in [6.45, 7) is 7.41. The van der Waals surface area contributed by atoms with Crippen molar-refractivity contribution >= 4 is 22.0 Å². The first-order valence-corrected chi connectivity index (χ1v) is 8.32. The van der Waals surface area contributed by atoms with Gasteiger partial charge in [0.2, 0.25) is 0 Å². The van der Waals surface area contributed by atoms with Crippen LogP contribution in [0.15, 0.2) is 22.9 Å². The van der Waals surface area contributed by atoms with E-state index >= 15 is 0 Å². The normalized spacial score (nSPS) is 18.5. The number of halogens is 1. The van der Waals surface area contributed by atoms with Crippen molar-refractivity contribution in [2.45, 2.75) is 51.9 Å². The van der Waals surface area contributed by atoms with Crippen LogP contribution in [0.1, 0.15) is 39.2 Å². The molecule has 6 heteroatoms. The Morgan fingerprint density at radius 2 is 2.23 bits per heavy atom. The van der Waals surface area contributed by atoms with Crippen molar-refractivity contribution < 1.29 is 14.3 Å². The fraction of sp³-hybridized carbons (Fsp3) is 0.625. The molecular weight excluding hydrogens is 348 g/mol. The summed E-state index contributed by atoms with van der Waals surface area (Å²) in [6, 6.07) is 3.96. The molecule has 1 saturated heterocycles. The molecule has 0 spiro atoms. The molecule has 1 atom stereocenters. The van der Waals surface area contributed by atoms with Gasteiger partial charge in [-0.1, -0.05) is 6.07 Å². The molecule has 2 heterocycles. The second-order valence-electron chi connectivity index (χ2n) is 6.47. The third kappa shape index (κ3) is 5.25. The van der Waals surface area contributed by atoms with Crippen LogP contribution in [0, 0.1) is 0 Å². The van der Waals surface area contributed by atoms with Crippen molar-refractivity contribution in [1.29, 1.82) is 0 Å². The monoisotopic (exact) mass is 370 g/mol. The van der Waals surface area contributed by atoms with Crippen LogP contribution in [0.2, 0.25) is 0 Å². The fourth-order valence-electron chi connectivity index (χ4n) is 2.37. The Bertz CT molecular complexity index is 499. The average molecular weight is 371 g/mol. The van der Waals surface area contributed by atoms with Gasteiger partial charge in [-0.15, -0.1) is 0 Å². The summed E-state index contributed by atoms with van der Waals surface area (Å²) in [5.41, 5.74) is 0.554. The van der Waals surface area contributed by atoms with Crippen LogP contribution in [0.25, 0.3) is 0 Å². The van der Waals surface area contributed by atoms with Gasteiger partial charge in [0.25, 0.3) is 0 Å². The number of likely N-dealkylation sites (tertiary alicyclic amines) is 1. The fourth-order valence-corrected chi connectivity index (χ4v) is 2.61. The molecule has 122 valence electrons. The minimum atomic E-state index is -0.464. The number of pyridine rings is 1. The summed E-state index contributed by atoms with van der Waals surface area (Å²) in [5, 5.41) is 0. The first-order valence-electron chi connectivity index (χ1n) is 7.53. The molecule has 0 N–H and O–H groups in total. The SMILES string of the molecule is CC(C)(C)OC(=O)N1CCC[C@@H]1COCc1ccc(Br)nc1. The number of hydrogen-bond donors (Lipinski definition) is 0. The van der Waals surface area contributed by atoms with E-state index in [0.717, 1.165) is 29.6 Å². The zero-order valence-electron chi connectivity index (χ0n) is 13.3. The number of carbonyl (C=O) groups excluding carboxylic acids is 1. The van der Waals surface area contributed by atoms with Gasteiger partial charge in [-0.2, -0.15) is 0 Å². The van der Waals surface area contributed by atoms with Gasteiger partial charge in [-0.25, -0.2) is 9.78 Å². The van der Waals surface area contributed by atoms with Crippen molar-refractivity contribution in [3.63, 3.8) is 0 Å². The van der Waals surface area contributed by atoms with Gasteiger partial charge < -0.3 is 14.4 Å². The van der Waals surface area contributed by atoms with Crippen molar-refractivity contribution in [1.82, 2.24) is 9.88 Å². The molecule has 1 aromatic rings. The zero-order valence-corrected chi connectivity index (χ0v) is 14.9. The van der Waals surface area contributed by atoms with Crippen LogP contribution in [0.4, 0.5) is 4.79 Å². The molecule has 1 fully saturated rings. The van der Waals surface area contributed by atoms with Crippen LogP contribution in [0.5, 0.6) is 0 Å². The molecule has 0 radical (unpaired) electrons. The van der Waals surface area contributed by atoms with E-state index in [2.05, 4.69) is 20.9 Å². The molecule has 2 rings (SSSR count). The molecule has 0 aliphatic carbocycles. The molecule has 1 aromatic heterocycles. The van der Waals surface area contributed by atoms with Crippen LogP contribution in [-0.2, 0) is 16.1 Å². The Balaban J connectivity index is 1.81. The van der Waals surface area contributed by atoms with Crippen molar-refractivity contribution in [3.05, 3.63) is 28.5 Å². The molecule has 0 aromatic carbocycles. The van der Waals surface area contributed by atoms with Gasteiger partial charge in [0, 0.05) is 12.7 Å². The summed E-state index contributed by atoms with van der Waals surface area (Å²) in [4.78, 5) is 18.1. The Labute approximate surface area is 140 Å². The lowest BCUT2D eigenvalue weighted by Crippen LogP contribution is -2.41. The Kier molecular flexibility index (Phi) is 5.81. The van der Waals surface area contributed by atoms with Crippen LogP contribution in [-0.4, -0.2) is 40.8 Å². The molecule has 1 amide bonds. The van der Waals surface area contributed by atoms with Gasteiger partial charge in [0.05, 0.1) is 19.3 Å². The summed E-state index contributed by atoms with van der Waals surface area (Å²) in [5.74, 6) is 0. The molecule has 1 aliphatic heterocycles. The minimum absolute atomic E-state index is 0.0956. The van der Waals surface area contributed by atoms with Gasteiger partial charge in [-0.3, -0.25) is 0 Å². The molecular formula is C16H23BrN2O3. The smallest absolute Gasteiger partial charge is 0.410 e. The molecule has 0 unspecified atom stereocenters. The Morgan fingerprint density at radius 3 is 2.86 bits per heavy atom. The van der Waals surface area contributed by atoms with E-state index in [1.807, 2.05) is 32.9 Å². The maximum absolute atomic E-state index is 12.2. The highest BCUT2D eigenvalue weighted by atomic mass is 79.9. The first kappa shape index (κ1) is 17.2. The van der Waals surface area contributed by atoms with Crippen LogP contribution < -0.4 is 0 Å². The van der Waals surface area contributed by atoms with Gasteiger partial charge >= 0.3 is 6.09 Å².